The Morgan fingerprint density at radius 2 is 0.356 bits per heavy atom. The van der Waals surface area contributed by atoms with E-state index in [1.165, 1.54) is 0 Å². The molecule has 16 N–H and O–H groups in total. The number of hydrazine groups is 5. The number of hydrogen-bond donors (Lipinski definition) is 16. The van der Waals surface area contributed by atoms with Gasteiger partial charge in [0, 0.05) is 56.2 Å². The van der Waals surface area contributed by atoms with Crippen molar-refractivity contribution in [2.24, 2.45) is 0 Å². The third-order valence-corrected chi connectivity index (χ3v) is 14.0. The molecule has 5 aromatic carbocycles. The minimum absolute atomic E-state index is 0.167. The molecule has 5 rings (SSSR count). The average Bonchev–Trinajstić information content (AvgIpc) is 0.884. The molecule has 0 bridgehead atoms. The first kappa shape index (κ1) is 94.5. The second-order valence-corrected chi connectivity index (χ2v) is 30.8. The van der Waals surface area contributed by atoms with E-state index >= 15 is 0 Å². The van der Waals surface area contributed by atoms with E-state index in [0.29, 0.717) is 50.2 Å². The fourth-order valence-electron chi connectivity index (χ4n) is 6.40. The number of aliphatic hydroxyl groups excluding tert-OH is 1. The van der Waals surface area contributed by atoms with Crippen LogP contribution < -0.4 is 80.8 Å². The summed E-state index contributed by atoms with van der Waals surface area (Å²) in [6.45, 7) is 29.7. The number of carbonyl (C=O) groups excluding carboxylic acids is 15. The molecule has 0 radical (unpaired) electrons. The number of benzene rings is 5. The van der Waals surface area contributed by atoms with Gasteiger partial charge in [-0.05, 0) is 258 Å². The van der Waals surface area contributed by atoms with Crippen LogP contribution in [-0.2, 0) is 47.9 Å². The Kier molecular flexibility index (Phi) is 40.8. The van der Waals surface area contributed by atoms with Crippen molar-refractivity contribution in [3.8, 4) is 0 Å². The van der Waals surface area contributed by atoms with Crippen LogP contribution in [0.15, 0.2) is 144 Å². The highest BCUT2D eigenvalue weighted by Gasteiger charge is 2.26. The maximum absolute atomic E-state index is 11.8. The van der Waals surface area contributed by atoms with Crippen LogP contribution in [0.2, 0.25) is 0 Å². The number of halogens is 5. The van der Waals surface area contributed by atoms with Gasteiger partial charge >= 0.3 is 59.1 Å². The van der Waals surface area contributed by atoms with E-state index in [4.69, 9.17) is 5.11 Å². The Hall–Kier alpha value is -9.49. The van der Waals surface area contributed by atoms with Crippen molar-refractivity contribution in [2.45, 2.75) is 152 Å². The Labute approximate surface area is 644 Å². The van der Waals surface area contributed by atoms with E-state index in [9.17, 15) is 71.9 Å². The molecule has 0 spiro atoms. The maximum atomic E-state index is 11.8. The zero-order valence-corrected chi connectivity index (χ0v) is 68.0. The van der Waals surface area contributed by atoms with E-state index in [0.717, 1.165) is 0 Å². The van der Waals surface area contributed by atoms with Gasteiger partial charge in [-0.15, -0.1) is 0 Å². The van der Waals surface area contributed by atoms with Crippen LogP contribution in [0.4, 0.5) is 0 Å². The largest absolute Gasteiger partial charge is 0.394 e. The molecule has 0 atom stereocenters. The molecule has 0 aliphatic heterocycles. The van der Waals surface area contributed by atoms with Gasteiger partial charge < -0.3 is 31.7 Å². The van der Waals surface area contributed by atoms with Crippen molar-refractivity contribution in [1.82, 2.24) is 80.8 Å². The molecule has 0 saturated heterocycles. The molecule has 0 aliphatic rings. The summed E-state index contributed by atoms with van der Waals surface area (Å²) >= 11 is 16.1. The molecular formula is C68H88Br5N15O16. The van der Waals surface area contributed by atoms with Gasteiger partial charge in [-0.25, -0.2) is 0 Å². The van der Waals surface area contributed by atoms with Crippen molar-refractivity contribution in [1.29, 1.82) is 0 Å². The first-order chi connectivity index (χ1) is 47.8. The van der Waals surface area contributed by atoms with Gasteiger partial charge in [0.25, 0.3) is 29.5 Å². The molecule has 104 heavy (non-hydrogen) atoms. The number of hydrogen-bond acceptors (Lipinski definition) is 16. The van der Waals surface area contributed by atoms with Gasteiger partial charge in [0.1, 0.15) is 0 Å². The predicted molar refractivity (Wildman–Crippen MR) is 406 cm³/mol. The zero-order chi connectivity index (χ0) is 80.3. The molecule has 31 nitrogen and oxygen atoms in total. The topological polar surface area (TPSA) is 457 Å². The minimum atomic E-state index is -0.930. The summed E-state index contributed by atoms with van der Waals surface area (Å²) in [6, 6.07) is 33.7. The lowest BCUT2D eigenvalue weighted by Gasteiger charge is -2.19. The van der Waals surface area contributed by atoms with Gasteiger partial charge in [-0.2, -0.15) is 0 Å². The lowest BCUT2D eigenvalue weighted by atomic mass is 10.1. The number of carbonyl (C=O) groups is 15. The third-order valence-electron chi connectivity index (χ3n) is 10.5. The molecule has 15 amide bonds. The summed E-state index contributed by atoms with van der Waals surface area (Å²) in [7, 11) is 0. The molecule has 5 aromatic rings. The summed E-state index contributed by atoms with van der Waals surface area (Å²) in [5, 5.41) is 20.5. The quantitative estimate of drug-likeness (QED) is 0.0707. The van der Waals surface area contributed by atoms with Crippen molar-refractivity contribution in [2.75, 3.05) is 0 Å². The Morgan fingerprint density at radius 3 is 0.462 bits per heavy atom. The summed E-state index contributed by atoms with van der Waals surface area (Å²) in [5.41, 5.74) is 20.3. The SMILES string of the molecule is CC(C)(C)NC(=O)C(=O)NNC(=O)c1ccccc1Br.CC(C)(C)NC(=O)C(=O)NNC(=O)c1ccccc1Br.CC(C)(C)NC(=O)C(=O)NNC(=O)c1ccccc1Br.CC(C)(C)NC(=O)C(=O)NNC(=O)c1ccccc1Br.CC(C)(C)NC(=O)C(=O)NNC(=O)c1ccccc1Br.CC(C)O. The van der Waals surface area contributed by atoms with E-state index in [1.54, 1.807) is 239 Å². The van der Waals surface area contributed by atoms with Crippen LogP contribution in [0.5, 0.6) is 0 Å². The van der Waals surface area contributed by atoms with Crippen molar-refractivity contribution in [3.05, 3.63) is 172 Å². The number of aliphatic hydroxyl groups is 1. The Bertz CT molecular complexity index is 3310. The molecule has 0 aromatic heterocycles. The minimum Gasteiger partial charge on any atom is -0.394 e. The van der Waals surface area contributed by atoms with Crippen LogP contribution in [0, 0.1) is 0 Å². The van der Waals surface area contributed by atoms with Crippen molar-refractivity contribution < 1.29 is 77.0 Å². The molecule has 566 valence electrons. The second-order valence-electron chi connectivity index (χ2n) is 26.6. The highest BCUT2D eigenvalue weighted by atomic mass is 79.9. The fourth-order valence-corrected chi connectivity index (χ4v) is 8.73. The van der Waals surface area contributed by atoms with Crippen molar-refractivity contribution in [3.63, 3.8) is 0 Å². The van der Waals surface area contributed by atoms with Crippen LogP contribution in [0.1, 0.15) is 169 Å². The van der Waals surface area contributed by atoms with E-state index in [2.05, 4.69) is 160 Å². The van der Waals surface area contributed by atoms with Gasteiger partial charge in [-0.1, -0.05) is 60.7 Å². The van der Waals surface area contributed by atoms with Gasteiger partial charge in [0.15, 0.2) is 0 Å². The van der Waals surface area contributed by atoms with E-state index in [1.807, 2.05) is 0 Å². The Morgan fingerprint density at radius 1 is 0.240 bits per heavy atom. The van der Waals surface area contributed by atoms with Crippen LogP contribution in [0.3, 0.4) is 0 Å². The second kappa shape index (κ2) is 44.9. The van der Waals surface area contributed by atoms with Crippen LogP contribution in [0.25, 0.3) is 0 Å². The summed E-state index contributed by atoms with van der Waals surface area (Å²) in [6.07, 6.45) is -0.167. The highest BCUT2D eigenvalue weighted by molar-refractivity contribution is 9.11. The van der Waals surface area contributed by atoms with E-state index in [-0.39, 0.29) is 6.10 Å². The van der Waals surface area contributed by atoms with E-state index < -0.39 is 116 Å². The smallest absolute Gasteiger partial charge is 0.327 e. The number of amides is 15. The summed E-state index contributed by atoms with van der Waals surface area (Å²) in [4.78, 5) is 174. The predicted octanol–water partition coefficient (Wildman–Crippen LogP) is 6.01. The lowest BCUT2D eigenvalue weighted by Crippen LogP contribution is -2.52. The molecule has 0 aliphatic carbocycles. The molecule has 36 heteroatoms. The van der Waals surface area contributed by atoms with Gasteiger partial charge in [0.05, 0.1) is 27.8 Å². The normalized spacial score (nSPS) is 10.5. The first-order valence-electron chi connectivity index (χ1n) is 30.8. The average molecular weight is 1770 g/mol. The standard InChI is InChI=1S/5C13H16BrN3O3.C3H8O/c5*1-13(2,3)15-11(19)12(20)17-16-10(18)8-6-4-5-7-9(8)14;1-3(2)4/h5*4-7H,1-3H3,(H,15,19)(H,16,18)(H,17,20);3-4H,1-2H3. The molecule has 0 saturated carbocycles. The summed E-state index contributed by atoms with van der Waals surface area (Å²) in [5.74, 6) is -11.3. The van der Waals surface area contributed by atoms with Crippen LogP contribution >= 0.6 is 79.6 Å². The van der Waals surface area contributed by atoms with Crippen molar-refractivity contribution >= 4 is 168 Å². The number of rotatable bonds is 5. The molecule has 0 unspecified atom stereocenters. The monoisotopic (exact) mass is 1770 g/mol. The lowest BCUT2D eigenvalue weighted by molar-refractivity contribution is -0.140. The number of nitrogens with one attached hydrogen (secondary N) is 15. The third kappa shape index (κ3) is 42.2. The Balaban J connectivity index is 0.00000126. The van der Waals surface area contributed by atoms with Gasteiger partial charge in [-0.3, -0.25) is 126 Å². The highest BCUT2D eigenvalue weighted by Crippen LogP contribution is 2.19. The van der Waals surface area contributed by atoms with Gasteiger partial charge in [0.2, 0.25) is 0 Å². The molecular weight excluding hydrogens is 1680 g/mol. The molecule has 0 fully saturated rings. The molecule has 0 heterocycles. The summed E-state index contributed by atoms with van der Waals surface area (Å²) < 4.78 is 2.94. The van der Waals surface area contributed by atoms with Crippen LogP contribution in [-0.4, -0.2) is 128 Å². The first-order valence-corrected chi connectivity index (χ1v) is 34.8. The fraction of sp³-hybridized carbons (Fsp3) is 0.338. The zero-order valence-electron chi connectivity index (χ0n) is 60.1. The maximum Gasteiger partial charge on any atom is 0.327 e.